The number of nitrogens with two attached hydrogens (primary N) is 1. The van der Waals surface area contributed by atoms with Crippen molar-refractivity contribution >= 4 is 39.4 Å². The maximum atomic E-state index is 5.91. The molecule has 6 heteroatoms. The molecule has 1 aromatic carbocycles. The van der Waals surface area contributed by atoms with Crippen molar-refractivity contribution in [3.63, 3.8) is 0 Å². The number of halogens is 1. The van der Waals surface area contributed by atoms with Crippen LogP contribution in [-0.4, -0.2) is 21.6 Å². The number of nitrogens with zero attached hydrogens (tertiary/aromatic N) is 3. The van der Waals surface area contributed by atoms with Crippen molar-refractivity contribution in [2.45, 2.75) is 0 Å². The Bertz CT molecular complexity index is 753. The van der Waals surface area contributed by atoms with E-state index < -0.39 is 0 Å². The first-order chi connectivity index (χ1) is 9.20. The molecule has 2 heterocycles. The van der Waals surface area contributed by atoms with Gasteiger partial charge in [0.2, 0.25) is 0 Å². The molecule has 2 N–H and O–H groups in total. The van der Waals surface area contributed by atoms with Crippen molar-refractivity contribution in [1.82, 2.24) is 14.5 Å². The second-order valence-electron chi connectivity index (χ2n) is 4.01. The molecule has 0 atom stereocenters. The first-order valence-corrected chi connectivity index (χ1v) is 6.70. The van der Waals surface area contributed by atoms with Crippen LogP contribution in [0.1, 0.15) is 0 Å². The molecule has 3 rings (SSSR count). The lowest BCUT2D eigenvalue weighted by atomic mass is 10.3. The van der Waals surface area contributed by atoms with Gasteiger partial charge in [-0.05, 0) is 34.7 Å². The van der Waals surface area contributed by atoms with Gasteiger partial charge in [-0.3, -0.25) is 4.57 Å². The molecule has 0 spiro atoms. The van der Waals surface area contributed by atoms with E-state index in [1.807, 2.05) is 35.0 Å². The highest BCUT2D eigenvalue weighted by molar-refractivity contribution is 14.1. The fourth-order valence-corrected chi connectivity index (χ4v) is 2.79. The normalized spacial score (nSPS) is 10.8. The van der Waals surface area contributed by atoms with Crippen LogP contribution in [0, 0.1) is 3.57 Å². The molecule has 2 aromatic heterocycles. The Kier molecular flexibility index (Phi) is 3.02. The first-order valence-electron chi connectivity index (χ1n) is 5.62. The highest BCUT2D eigenvalue weighted by Gasteiger charge is 2.12. The Hall–Kier alpha value is -1.83. The predicted molar refractivity (Wildman–Crippen MR) is 82.5 cm³/mol. The molecule has 0 aliphatic carbocycles. The number of benzene rings is 1. The van der Waals surface area contributed by atoms with Gasteiger partial charge in [0, 0.05) is 15.8 Å². The third kappa shape index (κ3) is 2.01. The number of aromatic nitrogens is 3. The van der Waals surface area contributed by atoms with E-state index in [-0.39, 0.29) is 0 Å². The summed E-state index contributed by atoms with van der Waals surface area (Å²) in [6.07, 6.45) is 3.47. The summed E-state index contributed by atoms with van der Waals surface area (Å²) in [5.74, 6) is 1.30. The molecule has 0 unspecified atom stereocenters. The topological polar surface area (TPSA) is 66.0 Å². The number of fused-ring (bicyclic) bond motifs is 1. The zero-order valence-corrected chi connectivity index (χ0v) is 12.3. The fourth-order valence-electron chi connectivity index (χ4n) is 2.00. The maximum Gasteiger partial charge on any atom is 0.151 e. The second kappa shape index (κ2) is 4.69. The van der Waals surface area contributed by atoms with Crippen molar-refractivity contribution in [2.75, 3.05) is 12.8 Å². The van der Waals surface area contributed by atoms with Gasteiger partial charge >= 0.3 is 0 Å². The van der Waals surface area contributed by atoms with Gasteiger partial charge in [0.15, 0.2) is 5.65 Å². The average Bonchev–Trinajstić information content (AvgIpc) is 2.78. The number of hydrogen-bond acceptors (Lipinski definition) is 4. The van der Waals surface area contributed by atoms with Gasteiger partial charge in [-0.15, -0.1) is 0 Å². The summed E-state index contributed by atoms with van der Waals surface area (Å²) in [6, 6.07) is 7.80. The third-order valence-corrected chi connectivity index (χ3v) is 3.72. The quantitative estimate of drug-likeness (QED) is 0.709. The van der Waals surface area contributed by atoms with E-state index in [9.17, 15) is 0 Å². The van der Waals surface area contributed by atoms with Gasteiger partial charge in [0.1, 0.15) is 17.9 Å². The molecule has 0 fully saturated rings. The molecule has 0 saturated carbocycles. The Balaban J connectivity index is 2.28. The lowest BCUT2D eigenvalue weighted by molar-refractivity contribution is 0.414. The van der Waals surface area contributed by atoms with Gasteiger partial charge in [-0.25, -0.2) is 9.97 Å². The van der Waals surface area contributed by atoms with E-state index in [0.717, 1.165) is 26.0 Å². The summed E-state index contributed by atoms with van der Waals surface area (Å²) in [5.41, 5.74) is 7.68. The number of anilines is 1. The van der Waals surface area contributed by atoms with E-state index >= 15 is 0 Å². The zero-order chi connectivity index (χ0) is 13.4. The SMILES string of the molecule is COc1cccc(-n2cc(I)c3c(N)ncnc32)c1. The fraction of sp³-hybridized carbons (Fsp3) is 0.0769. The van der Waals surface area contributed by atoms with E-state index in [1.54, 1.807) is 7.11 Å². The summed E-state index contributed by atoms with van der Waals surface area (Å²) in [5, 5.41) is 0.880. The minimum Gasteiger partial charge on any atom is -0.497 e. The molecule has 0 aliphatic heterocycles. The van der Waals surface area contributed by atoms with Crippen LogP contribution in [0.3, 0.4) is 0 Å². The van der Waals surface area contributed by atoms with E-state index in [0.29, 0.717) is 5.82 Å². The summed E-state index contributed by atoms with van der Waals surface area (Å²) >= 11 is 2.24. The van der Waals surface area contributed by atoms with Crippen LogP contribution >= 0.6 is 22.6 Å². The number of ether oxygens (including phenoxy) is 1. The molecule has 0 saturated heterocycles. The van der Waals surface area contributed by atoms with Crippen LogP contribution in [0.4, 0.5) is 5.82 Å². The minimum atomic E-state index is 0.496. The average molecular weight is 366 g/mol. The van der Waals surface area contributed by atoms with Crippen LogP contribution < -0.4 is 10.5 Å². The largest absolute Gasteiger partial charge is 0.497 e. The molecule has 96 valence electrons. The minimum absolute atomic E-state index is 0.496. The second-order valence-corrected chi connectivity index (χ2v) is 5.17. The standard InChI is InChI=1S/C13H11IN4O/c1-19-9-4-2-3-8(5-9)18-6-10(14)11-12(15)16-7-17-13(11)18/h2-7H,1H3,(H2,15,16,17). The zero-order valence-electron chi connectivity index (χ0n) is 10.2. The summed E-state index contributed by atoms with van der Waals surface area (Å²) in [4.78, 5) is 8.35. The molecular weight excluding hydrogens is 355 g/mol. The van der Waals surface area contributed by atoms with Crippen LogP contribution in [0.2, 0.25) is 0 Å². The summed E-state index contributed by atoms with van der Waals surface area (Å²) < 4.78 is 8.25. The Morgan fingerprint density at radius 1 is 1.32 bits per heavy atom. The van der Waals surface area contributed by atoms with Crippen LogP contribution in [-0.2, 0) is 0 Å². The van der Waals surface area contributed by atoms with E-state index in [4.69, 9.17) is 10.5 Å². The molecule has 5 nitrogen and oxygen atoms in total. The van der Waals surface area contributed by atoms with E-state index in [1.165, 1.54) is 6.33 Å². The lowest BCUT2D eigenvalue weighted by Crippen LogP contribution is -1.97. The van der Waals surface area contributed by atoms with Crippen LogP contribution in [0.15, 0.2) is 36.8 Å². The molecule has 3 aromatic rings. The number of nitrogen functional groups attached to an aromatic ring is 1. The monoisotopic (exact) mass is 366 g/mol. The van der Waals surface area contributed by atoms with Gasteiger partial charge < -0.3 is 10.5 Å². The first kappa shape index (κ1) is 12.2. The number of hydrogen-bond donors (Lipinski definition) is 1. The van der Waals surface area contributed by atoms with Gasteiger partial charge in [0.25, 0.3) is 0 Å². The Morgan fingerprint density at radius 3 is 2.95 bits per heavy atom. The number of methoxy groups -OCH3 is 1. The molecule has 0 aliphatic rings. The van der Waals surface area contributed by atoms with Gasteiger partial charge in [-0.1, -0.05) is 6.07 Å². The van der Waals surface area contributed by atoms with Crippen molar-refractivity contribution in [1.29, 1.82) is 0 Å². The Labute approximate surface area is 123 Å². The summed E-state index contributed by atoms with van der Waals surface area (Å²) in [6.45, 7) is 0. The van der Waals surface area contributed by atoms with Crippen molar-refractivity contribution in [2.24, 2.45) is 0 Å². The highest BCUT2D eigenvalue weighted by Crippen LogP contribution is 2.28. The molecule has 0 amide bonds. The van der Waals surface area contributed by atoms with Crippen LogP contribution in [0.5, 0.6) is 5.75 Å². The summed E-state index contributed by atoms with van der Waals surface area (Å²) in [7, 11) is 1.65. The predicted octanol–water partition coefficient (Wildman–Crippen LogP) is 2.62. The van der Waals surface area contributed by atoms with Gasteiger partial charge in [-0.2, -0.15) is 0 Å². The Morgan fingerprint density at radius 2 is 2.16 bits per heavy atom. The molecule has 19 heavy (non-hydrogen) atoms. The van der Waals surface area contributed by atoms with Gasteiger partial charge in [0.05, 0.1) is 18.2 Å². The van der Waals surface area contributed by atoms with Crippen molar-refractivity contribution < 1.29 is 4.74 Å². The van der Waals surface area contributed by atoms with Crippen molar-refractivity contribution in [3.05, 3.63) is 40.4 Å². The maximum absolute atomic E-state index is 5.91. The van der Waals surface area contributed by atoms with Crippen LogP contribution in [0.25, 0.3) is 16.7 Å². The molecular formula is C13H11IN4O. The van der Waals surface area contributed by atoms with E-state index in [2.05, 4.69) is 32.6 Å². The lowest BCUT2D eigenvalue weighted by Gasteiger charge is -2.06. The molecule has 0 bridgehead atoms. The molecule has 0 radical (unpaired) electrons. The smallest absolute Gasteiger partial charge is 0.151 e. The third-order valence-electron chi connectivity index (χ3n) is 2.90. The highest BCUT2D eigenvalue weighted by atomic mass is 127. The van der Waals surface area contributed by atoms with Crippen molar-refractivity contribution in [3.8, 4) is 11.4 Å². The number of rotatable bonds is 2.